The molecular formula is C10H20ClF3N2. The minimum atomic E-state index is -4.03. The second-order valence-corrected chi connectivity index (χ2v) is 4.40. The average molecular weight is 261 g/mol. The zero-order chi connectivity index (χ0) is 11.5. The summed E-state index contributed by atoms with van der Waals surface area (Å²) in [6.45, 7) is 3.61. The zero-order valence-corrected chi connectivity index (χ0v) is 10.3. The van der Waals surface area contributed by atoms with Gasteiger partial charge in [-0.2, -0.15) is 13.2 Å². The summed E-state index contributed by atoms with van der Waals surface area (Å²) in [5, 5.41) is 0. The van der Waals surface area contributed by atoms with Crippen LogP contribution in [0.2, 0.25) is 0 Å². The van der Waals surface area contributed by atoms with Gasteiger partial charge in [0.2, 0.25) is 0 Å². The van der Waals surface area contributed by atoms with Crippen molar-refractivity contribution in [2.24, 2.45) is 11.7 Å². The Kier molecular flexibility index (Phi) is 6.67. The minimum absolute atomic E-state index is 0. The molecule has 1 rings (SSSR count). The molecule has 1 aliphatic rings. The van der Waals surface area contributed by atoms with Crippen LogP contribution in [0.3, 0.4) is 0 Å². The number of hydrogen-bond acceptors (Lipinski definition) is 2. The van der Waals surface area contributed by atoms with E-state index in [4.69, 9.17) is 5.73 Å². The second kappa shape index (κ2) is 6.67. The highest BCUT2D eigenvalue weighted by Gasteiger charge is 2.29. The van der Waals surface area contributed by atoms with Crippen molar-refractivity contribution in [3.05, 3.63) is 0 Å². The fourth-order valence-corrected chi connectivity index (χ4v) is 1.99. The molecule has 0 amide bonds. The quantitative estimate of drug-likeness (QED) is 0.845. The molecule has 0 bridgehead atoms. The van der Waals surface area contributed by atoms with Crippen LogP contribution >= 0.6 is 12.4 Å². The smallest absolute Gasteiger partial charge is 0.328 e. The zero-order valence-electron chi connectivity index (χ0n) is 9.46. The maximum Gasteiger partial charge on any atom is 0.390 e. The Hall–Kier alpha value is -0.0000000000000000555. The summed E-state index contributed by atoms with van der Waals surface area (Å²) < 4.78 is 35.9. The summed E-state index contributed by atoms with van der Waals surface area (Å²) in [6, 6.07) is 0.162. The van der Waals surface area contributed by atoms with E-state index >= 15 is 0 Å². The number of piperidine rings is 1. The van der Waals surface area contributed by atoms with Crippen LogP contribution in [0, 0.1) is 5.92 Å². The summed E-state index contributed by atoms with van der Waals surface area (Å²) in [5.41, 5.74) is 5.76. The molecule has 1 atom stereocenters. The van der Waals surface area contributed by atoms with Gasteiger partial charge in [-0.1, -0.05) is 0 Å². The summed E-state index contributed by atoms with van der Waals surface area (Å²) >= 11 is 0. The molecule has 1 aliphatic heterocycles. The Balaban J connectivity index is 0.00000225. The first-order valence-corrected chi connectivity index (χ1v) is 5.43. The molecule has 0 aliphatic carbocycles. The van der Waals surface area contributed by atoms with Crippen molar-refractivity contribution in [2.75, 3.05) is 19.6 Å². The van der Waals surface area contributed by atoms with Gasteiger partial charge in [0.15, 0.2) is 0 Å². The van der Waals surface area contributed by atoms with Crippen molar-refractivity contribution in [3.8, 4) is 0 Å². The Morgan fingerprint density at radius 2 is 1.81 bits per heavy atom. The molecule has 2 nitrogen and oxygen atoms in total. The van der Waals surface area contributed by atoms with Gasteiger partial charge in [-0.05, 0) is 38.8 Å². The summed E-state index contributed by atoms with van der Waals surface area (Å²) in [5.74, 6) is 0.479. The Morgan fingerprint density at radius 1 is 1.31 bits per heavy atom. The molecule has 1 saturated heterocycles. The SMILES string of the molecule is CC(N)C1CCN(CCC(F)(F)F)CC1.Cl. The lowest BCUT2D eigenvalue weighted by Crippen LogP contribution is -2.40. The molecule has 1 heterocycles. The molecule has 6 heteroatoms. The fourth-order valence-electron chi connectivity index (χ4n) is 1.99. The standard InChI is InChI=1S/C10H19F3N2.ClH/c1-8(14)9-2-5-15(6-3-9)7-4-10(11,12)13;/h8-9H,2-7,14H2,1H3;1H. The Labute approximate surface area is 101 Å². The van der Waals surface area contributed by atoms with Crippen molar-refractivity contribution in [1.29, 1.82) is 0 Å². The molecule has 98 valence electrons. The van der Waals surface area contributed by atoms with E-state index in [1.807, 2.05) is 11.8 Å². The summed E-state index contributed by atoms with van der Waals surface area (Å²) in [4.78, 5) is 1.88. The molecule has 2 N–H and O–H groups in total. The normalized spacial score (nSPS) is 21.6. The monoisotopic (exact) mass is 260 g/mol. The highest BCUT2D eigenvalue weighted by atomic mass is 35.5. The highest BCUT2D eigenvalue weighted by molar-refractivity contribution is 5.85. The third kappa shape index (κ3) is 5.92. The third-order valence-electron chi connectivity index (χ3n) is 3.09. The maximum absolute atomic E-state index is 12.0. The molecule has 16 heavy (non-hydrogen) atoms. The largest absolute Gasteiger partial charge is 0.390 e. The summed E-state index contributed by atoms with van der Waals surface area (Å²) in [6.07, 6.45) is -2.88. The van der Waals surface area contributed by atoms with Gasteiger partial charge >= 0.3 is 6.18 Å². The maximum atomic E-state index is 12.0. The van der Waals surface area contributed by atoms with E-state index in [1.54, 1.807) is 0 Å². The van der Waals surface area contributed by atoms with Gasteiger partial charge in [0.05, 0.1) is 6.42 Å². The predicted octanol–water partition coefficient (Wildman–Crippen LogP) is 2.42. The van der Waals surface area contributed by atoms with Crippen LogP contribution in [0.4, 0.5) is 13.2 Å². The number of halogens is 4. The minimum Gasteiger partial charge on any atom is -0.328 e. The first-order chi connectivity index (χ1) is 6.88. The van der Waals surface area contributed by atoms with Gasteiger partial charge < -0.3 is 10.6 Å². The molecule has 0 saturated carbocycles. The van der Waals surface area contributed by atoms with Gasteiger partial charge in [0.25, 0.3) is 0 Å². The molecule has 1 unspecified atom stereocenters. The van der Waals surface area contributed by atoms with Crippen LogP contribution < -0.4 is 5.73 Å². The van der Waals surface area contributed by atoms with Gasteiger partial charge in [-0.3, -0.25) is 0 Å². The average Bonchev–Trinajstić information content (AvgIpc) is 2.14. The summed E-state index contributed by atoms with van der Waals surface area (Å²) in [7, 11) is 0. The topological polar surface area (TPSA) is 29.3 Å². The van der Waals surface area contributed by atoms with E-state index in [1.165, 1.54) is 0 Å². The van der Waals surface area contributed by atoms with Crippen LogP contribution in [0.1, 0.15) is 26.2 Å². The first kappa shape index (κ1) is 16.0. The second-order valence-electron chi connectivity index (χ2n) is 4.40. The fraction of sp³-hybridized carbons (Fsp3) is 1.00. The van der Waals surface area contributed by atoms with Gasteiger partial charge in [-0.25, -0.2) is 0 Å². The van der Waals surface area contributed by atoms with Crippen LogP contribution in [0.15, 0.2) is 0 Å². The molecule has 0 aromatic rings. The Bertz CT molecular complexity index is 189. The van der Waals surface area contributed by atoms with E-state index in [2.05, 4.69) is 0 Å². The molecule has 0 aromatic carbocycles. The van der Waals surface area contributed by atoms with E-state index in [-0.39, 0.29) is 25.0 Å². The van der Waals surface area contributed by atoms with Crippen molar-refractivity contribution in [2.45, 2.75) is 38.4 Å². The van der Waals surface area contributed by atoms with Crippen LogP contribution in [-0.4, -0.2) is 36.8 Å². The van der Waals surface area contributed by atoms with Gasteiger partial charge in [-0.15, -0.1) is 12.4 Å². The number of nitrogens with two attached hydrogens (primary N) is 1. The predicted molar refractivity (Wildman–Crippen MR) is 60.7 cm³/mol. The van der Waals surface area contributed by atoms with E-state index in [0.29, 0.717) is 5.92 Å². The van der Waals surface area contributed by atoms with Crippen molar-refractivity contribution in [1.82, 2.24) is 4.90 Å². The lowest BCUT2D eigenvalue weighted by Gasteiger charge is -2.33. The van der Waals surface area contributed by atoms with Crippen LogP contribution in [-0.2, 0) is 0 Å². The van der Waals surface area contributed by atoms with Crippen molar-refractivity contribution in [3.63, 3.8) is 0 Å². The molecule has 1 fully saturated rings. The van der Waals surface area contributed by atoms with E-state index in [9.17, 15) is 13.2 Å². The number of alkyl halides is 3. The number of likely N-dealkylation sites (tertiary alicyclic amines) is 1. The molecule has 0 aromatic heterocycles. The third-order valence-corrected chi connectivity index (χ3v) is 3.09. The van der Waals surface area contributed by atoms with Crippen LogP contribution in [0.25, 0.3) is 0 Å². The number of nitrogens with zero attached hydrogens (tertiary/aromatic N) is 1. The van der Waals surface area contributed by atoms with Crippen LogP contribution in [0.5, 0.6) is 0 Å². The first-order valence-electron chi connectivity index (χ1n) is 5.43. The molecule has 0 radical (unpaired) electrons. The Morgan fingerprint density at radius 3 is 2.19 bits per heavy atom. The van der Waals surface area contributed by atoms with Gasteiger partial charge in [0.1, 0.15) is 0 Å². The van der Waals surface area contributed by atoms with E-state index in [0.717, 1.165) is 25.9 Å². The van der Waals surface area contributed by atoms with Crippen molar-refractivity contribution < 1.29 is 13.2 Å². The van der Waals surface area contributed by atoms with E-state index < -0.39 is 12.6 Å². The number of hydrogen-bond donors (Lipinski definition) is 1. The lowest BCUT2D eigenvalue weighted by atomic mass is 9.91. The molecule has 0 spiro atoms. The molecular weight excluding hydrogens is 241 g/mol. The highest BCUT2D eigenvalue weighted by Crippen LogP contribution is 2.23. The number of rotatable bonds is 3. The van der Waals surface area contributed by atoms with Gasteiger partial charge in [0, 0.05) is 12.6 Å². The van der Waals surface area contributed by atoms with Crippen molar-refractivity contribution >= 4 is 12.4 Å². The lowest BCUT2D eigenvalue weighted by molar-refractivity contribution is -0.138.